The Morgan fingerprint density at radius 3 is 2.67 bits per heavy atom. The van der Waals surface area contributed by atoms with Gasteiger partial charge in [-0.2, -0.15) is 0 Å². The molecule has 0 spiro atoms. The SMILES string of the molecule is S=C1NNOO1. The summed E-state index contributed by atoms with van der Waals surface area (Å²) in [6.45, 7) is 0. The van der Waals surface area contributed by atoms with Crippen LogP contribution in [0.1, 0.15) is 0 Å². The molecule has 1 heterocycles. The van der Waals surface area contributed by atoms with Crippen LogP contribution in [0, 0.1) is 0 Å². The molecule has 0 aliphatic carbocycles. The fourth-order valence-electron chi connectivity index (χ4n) is 0.142. The molecule has 0 aromatic carbocycles. The van der Waals surface area contributed by atoms with Gasteiger partial charge in [-0.3, -0.25) is 10.3 Å². The fraction of sp³-hybridized carbons (Fsp3) is 0. The van der Waals surface area contributed by atoms with Crippen LogP contribution in [0.15, 0.2) is 0 Å². The zero-order chi connectivity index (χ0) is 4.41. The van der Waals surface area contributed by atoms with Crippen molar-refractivity contribution in [3.63, 3.8) is 0 Å². The second kappa shape index (κ2) is 1.38. The van der Waals surface area contributed by atoms with Crippen molar-refractivity contribution in [2.45, 2.75) is 0 Å². The minimum absolute atomic E-state index is 0.204. The standard InChI is InChI=1S/CH2N2O2S/c6-1-2-3-5-4-1/h3H,(H,2,6). The van der Waals surface area contributed by atoms with E-state index in [1.165, 1.54) is 0 Å². The van der Waals surface area contributed by atoms with E-state index in [0.29, 0.717) is 0 Å². The predicted molar refractivity (Wildman–Crippen MR) is 21.0 cm³/mol. The summed E-state index contributed by atoms with van der Waals surface area (Å²) in [6, 6.07) is 0. The summed E-state index contributed by atoms with van der Waals surface area (Å²) in [4.78, 5) is 8.22. The first kappa shape index (κ1) is 3.79. The molecule has 0 unspecified atom stereocenters. The van der Waals surface area contributed by atoms with Crippen LogP contribution in [0.25, 0.3) is 0 Å². The average Bonchev–Trinajstić information content (AvgIpc) is 1.86. The van der Waals surface area contributed by atoms with Gasteiger partial charge in [0.05, 0.1) is 0 Å². The molecular formula is CH2N2O2S. The van der Waals surface area contributed by atoms with Crippen molar-refractivity contribution < 1.29 is 9.88 Å². The van der Waals surface area contributed by atoms with Crippen LogP contribution < -0.4 is 11.0 Å². The number of hydrazine groups is 1. The quantitative estimate of drug-likeness (QED) is 0.314. The van der Waals surface area contributed by atoms with Crippen LogP contribution in [0.3, 0.4) is 0 Å². The van der Waals surface area contributed by atoms with E-state index in [1.807, 2.05) is 0 Å². The van der Waals surface area contributed by atoms with Gasteiger partial charge in [-0.25, -0.2) is 0 Å². The highest BCUT2D eigenvalue weighted by molar-refractivity contribution is 7.80. The molecule has 1 fully saturated rings. The summed E-state index contributed by atoms with van der Waals surface area (Å²) in [6.07, 6.45) is 0. The summed E-state index contributed by atoms with van der Waals surface area (Å²) >= 11 is 4.40. The molecule has 1 saturated heterocycles. The zero-order valence-corrected chi connectivity index (χ0v) is 3.54. The van der Waals surface area contributed by atoms with Gasteiger partial charge in [0.1, 0.15) is 0 Å². The van der Waals surface area contributed by atoms with E-state index in [1.54, 1.807) is 0 Å². The molecule has 1 aliphatic rings. The lowest BCUT2D eigenvalue weighted by Gasteiger charge is -1.76. The molecule has 34 valence electrons. The zero-order valence-electron chi connectivity index (χ0n) is 2.72. The largest absolute Gasteiger partial charge is 0.315 e. The first-order valence-corrected chi connectivity index (χ1v) is 1.69. The van der Waals surface area contributed by atoms with Crippen molar-refractivity contribution in [1.82, 2.24) is 11.0 Å². The number of thiocarbonyl (C=S) groups is 1. The molecule has 4 nitrogen and oxygen atoms in total. The van der Waals surface area contributed by atoms with E-state index < -0.39 is 0 Å². The Balaban J connectivity index is 2.37. The minimum Gasteiger partial charge on any atom is -0.285 e. The normalized spacial score (nSPS) is 19.7. The van der Waals surface area contributed by atoms with Gasteiger partial charge >= 0.3 is 5.17 Å². The predicted octanol–water partition coefficient (Wildman–Crippen LogP) is -0.758. The second-order valence-corrected chi connectivity index (χ2v) is 1.05. The minimum atomic E-state index is 0.204. The maximum absolute atomic E-state index is 4.40. The van der Waals surface area contributed by atoms with Crippen LogP contribution in [0.4, 0.5) is 0 Å². The Bertz CT molecular complexity index is 65.9. The first-order chi connectivity index (χ1) is 2.89. The Kier molecular flexibility index (Phi) is 0.868. The Morgan fingerprint density at radius 2 is 2.50 bits per heavy atom. The third-order valence-corrected chi connectivity index (χ3v) is 0.482. The van der Waals surface area contributed by atoms with E-state index >= 15 is 0 Å². The van der Waals surface area contributed by atoms with Crippen molar-refractivity contribution in [1.29, 1.82) is 0 Å². The second-order valence-electron chi connectivity index (χ2n) is 0.681. The van der Waals surface area contributed by atoms with E-state index in [0.717, 1.165) is 0 Å². The third-order valence-electron chi connectivity index (χ3n) is 0.312. The molecule has 0 aromatic heterocycles. The molecule has 0 saturated carbocycles. The molecule has 0 aromatic rings. The highest BCUT2D eigenvalue weighted by Gasteiger charge is 2.02. The lowest BCUT2D eigenvalue weighted by molar-refractivity contribution is -0.243. The number of rotatable bonds is 0. The molecule has 2 N–H and O–H groups in total. The van der Waals surface area contributed by atoms with Gasteiger partial charge in [0.2, 0.25) is 0 Å². The lowest BCUT2D eigenvalue weighted by Crippen LogP contribution is -2.23. The van der Waals surface area contributed by atoms with Crippen LogP contribution in [-0.2, 0) is 9.88 Å². The Hall–Kier alpha value is -0.390. The smallest absolute Gasteiger partial charge is 0.285 e. The topological polar surface area (TPSA) is 42.5 Å². The summed E-state index contributed by atoms with van der Waals surface area (Å²) in [5.74, 6) is 0. The summed E-state index contributed by atoms with van der Waals surface area (Å²) in [5.41, 5.74) is 4.52. The highest BCUT2D eigenvalue weighted by atomic mass is 32.1. The van der Waals surface area contributed by atoms with Gasteiger partial charge in [0.15, 0.2) is 0 Å². The van der Waals surface area contributed by atoms with Crippen LogP contribution in [-0.4, -0.2) is 5.17 Å². The van der Waals surface area contributed by atoms with Crippen LogP contribution >= 0.6 is 12.2 Å². The number of hydrogen-bond acceptors (Lipinski definition) is 4. The first-order valence-electron chi connectivity index (χ1n) is 1.28. The Labute approximate surface area is 39.3 Å². The van der Waals surface area contributed by atoms with Gasteiger partial charge < -0.3 is 0 Å². The van der Waals surface area contributed by atoms with Crippen molar-refractivity contribution in [3.05, 3.63) is 0 Å². The molecule has 0 amide bonds. The van der Waals surface area contributed by atoms with Gasteiger partial charge in [0.25, 0.3) is 0 Å². The van der Waals surface area contributed by atoms with E-state index in [4.69, 9.17) is 0 Å². The summed E-state index contributed by atoms with van der Waals surface area (Å²) in [5, 5.41) is 0.204. The van der Waals surface area contributed by atoms with Gasteiger partial charge in [0, 0.05) is 0 Å². The van der Waals surface area contributed by atoms with Gasteiger partial charge in [-0.1, -0.05) is 10.6 Å². The van der Waals surface area contributed by atoms with Gasteiger partial charge in [-0.15, -0.1) is 0 Å². The molecule has 0 atom stereocenters. The van der Waals surface area contributed by atoms with Crippen LogP contribution in [0.5, 0.6) is 0 Å². The summed E-state index contributed by atoms with van der Waals surface area (Å²) in [7, 11) is 0. The molecule has 1 aliphatic heterocycles. The van der Waals surface area contributed by atoms with Crippen molar-refractivity contribution in [2.24, 2.45) is 0 Å². The highest BCUT2D eigenvalue weighted by Crippen LogP contribution is 1.80. The van der Waals surface area contributed by atoms with E-state index in [2.05, 4.69) is 33.1 Å². The molecule has 5 heteroatoms. The molecule has 0 bridgehead atoms. The van der Waals surface area contributed by atoms with Crippen molar-refractivity contribution in [2.75, 3.05) is 0 Å². The maximum Gasteiger partial charge on any atom is 0.315 e. The summed E-state index contributed by atoms with van der Waals surface area (Å²) < 4.78 is 0. The monoisotopic (exact) mass is 106 g/mol. The molecular weight excluding hydrogens is 104 g/mol. The lowest BCUT2D eigenvalue weighted by atomic mass is 11.3. The maximum atomic E-state index is 4.40. The van der Waals surface area contributed by atoms with Crippen LogP contribution in [0.2, 0.25) is 0 Å². The third kappa shape index (κ3) is 0.563. The van der Waals surface area contributed by atoms with Crippen molar-refractivity contribution in [3.8, 4) is 0 Å². The fourth-order valence-corrected chi connectivity index (χ4v) is 0.218. The molecule has 6 heavy (non-hydrogen) atoms. The molecule has 1 rings (SSSR count). The van der Waals surface area contributed by atoms with E-state index in [-0.39, 0.29) is 5.17 Å². The van der Waals surface area contributed by atoms with E-state index in [9.17, 15) is 0 Å². The Morgan fingerprint density at radius 1 is 1.67 bits per heavy atom. The molecule has 0 radical (unpaired) electrons. The number of hydrogen-bond donors (Lipinski definition) is 2. The van der Waals surface area contributed by atoms with Gasteiger partial charge in [-0.05, 0) is 12.2 Å². The van der Waals surface area contributed by atoms with Crippen molar-refractivity contribution >= 4 is 17.4 Å². The number of nitrogens with one attached hydrogen (secondary N) is 2. The average molecular weight is 106 g/mol.